The van der Waals surface area contributed by atoms with Crippen LogP contribution in [0.4, 0.5) is 22.0 Å². The number of rotatable bonds is 5. The molecule has 0 bridgehead atoms. The number of hydrogen-bond acceptors (Lipinski definition) is 2. The normalized spacial score (nSPS) is 21.3. The van der Waals surface area contributed by atoms with E-state index in [0.29, 0.717) is 5.92 Å². The van der Waals surface area contributed by atoms with E-state index in [1.807, 2.05) is 39.0 Å². The van der Waals surface area contributed by atoms with Crippen molar-refractivity contribution in [1.82, 2.24) is 4.90 Å². The van der Waals surface area contributed by atoms with Gasteiger partial charge in [-0.15, -0.1) is 0 Å². The maximum Gasteiger partial charge on any atom is 2.00 e. The Morgan fingerprint density at radius 1 is 0.711 bits per heavy atom. The fraction of sp³-hybridized carbons (Fsp3) is 0.267. The van der Waals surface area contributed by atoms with Gasteiger partial charge in [0.15, 0.2) is 23.3 Å². The van der Waals surface area contributed by atoms with Crippen LogP contribution in [0.1, 0.15) is 37.3 Å². The Morgan fingerprint density at radius 3 is 1.74 bits per heavy atom. The SMILES string of the molecule is C[C@H]([C]1[CH][CH][CH][C]1C(O)(c1ccccc1)c1c(F)c(F)c(F)c(F)c1F)N1CCCCC1.[CH]1[CH][CH][CH][CH]1.[Fe+2]. The molecule has 2 aromatic carbocycles. The number of hydrogen-bond donors (Lipinski definition) is 1. The van der Waals surface area contributed by atoms with Crippen LogP contribution >= 0.6 is 0 Å². The van der Waals surface area contributed by atoms with Gasteiger partial charge in [0.1, 0.15) is 5.60 Å². The third-order valence-corrected chi connectivity index (χ3v) is 6.95. The van der Waals surface area contributed by atoms with Crippen molar-refractivity contribution < 1.29 is 44.1 Å². The summed E-state index contributed by atoms with van der Waals surface area (Å²) in [5, 5.41) is 11.9. The van der Waals surface area contributed by atoms with Crippen molar-refractivity contribution in [2.45, 2.75) is 37.8 Å². The summed E-state index contributed by atoms with van der Waals surface area (Å²) >= 11 is 0. The number of benzene rings is 2. The van der Waals surface area contributed by atoms with E-state index >= 15 is 0 Å². The molecule has 38 heavy (non-hydrogen) atoms. The quantitative estimate of drug-likeness (QED) is 0.198. The van der Waals surface area contributed by atoms with Crippen molar-refractivity contribution in [1.29, 1.82) is 0 Å². The predicted molar refractivity (Wildman–Crippen MR) is 131 cm³/mol. The van der Waals surface area contributed by atoms with Gasteiger partial charge in [0.25, 0.3) is 0 Å². The monoisotopic (exact) mass is 569 g/mol. The average Bonchev–Trinajstić information content (AvgIpc) is 3.67. The summed E-state index contributed by atoms with van der Waals surface area (Å²) in [7, 11) is 0. The molecule has 1 N–H and O–H groups in total. The van der Waals surface area contributed by atoms with Crippen LogP contribution in [0, 0.1) is 92.3 Å². The zero-order valence-corrected chi connectivity index (χ0v) is 21.9. The first-order valence-electron chi connectivity index (χ1n) is 12.2. The molecular weight excluding hydrogens is 541 g/mol. The zero-order chi connectivity index (χ0) is 26.6. The van der Waals surface area contributed by atoms with Gasteiger partial charge in [-0.3, -0.25) is 0 Å². The fourth-order valence-corrected chi connectivity index (χ4v) is 4.99. The van der Waals surface area contributed by atoms with Crippen LogP contribution in [0.25, 0.3) is 0 Å². The molecule has 1 heterocycles. The Morgan fingerprint density at radius 2 is 1.21 bits per heavy atom. The van der Waals surface area contributed by atoms with Gasteiger partial charge in [0.2, 0.25) is 5.82 Å². The van der Waals surface area contributed by atoms with E-state index in [0.717, 1.165) is 32.4 Å². The molecule has 3 aliphatic rings. The standard InChI is InChI=1S/C25H23F5NO.C5H5.Fe/c1-15(31-13-6-3-7-14-31)17-11-8-12-18(17)25(32,16-9-4-2-5-10-16)19-20(26)22(28)24(30)23(29)21(19)27;1-2-4-5-3-1;/h2,4-5,8-12,15,32H,3,6-7,13-14H2,1H3;1-5H;/q;;+2/t15-,25?;;/m1../s1. The minimum Gasteiger partial charge on any atom is -0.380 e. The van der Waals surface area contributed by atoms with E-state index in [2.05, 4.69) is 4.90 Å². The largest absolute Gasteiger partial charge is 2.00 e. The van der Waals surface area contributed by atoms with E-state index < -0.39 is 40.3 Å². The van der Waals surface area contributed by atoms with Crippen LogP contribution in [0.2, 0.25) is 0 Å². The number of aliphatic hydroxyl groups is 1. The summed E-state index contributed by atoms with van der Waals surface area (Å²) in [5.74, 6) is -9.89. The molecule has 0 amide bonds. The van der Waals surface area contributed by atoms with Gasteiger partial charge < -0.3 is 10.0 Å². The van der Waals surface area contributed by atoms with Crippen molar-refractivity contribution in [3.8, 4) is 0 Å². The minimum atomic E-state index is -2.59. The first-order valence-corrected chi connectivity index (χ1v) is 12.2. The third kappa shape index (κ3) is 6.14. The molecule has 0 spiro atoms. The summed E-state index contributed by atoms with van der Waals surface area (Å²) in [5.41, 5.74) is -3.87. The van der Waals surface area contributed by atoms with Crippen molar-refractivity contribution in [3.63, 3.8) is 0 Å². The summed E-state index contributed by atoms with van der Waals surface area (Å²) < 4.78 is 72.0. The van der Waals surface area contributed by atoms with E-state index in [4.69, 9.17) is 0 Å². The van der Waals surface area contributed by atoms with Crippen molar-refractivity contribution in [3.05, 3.63) is 134 Å². The molecule has 2 aliphatic carbocycles. The van der Waals surface area contributed by atoms with Crippen LogP contribution in [0.15, 0.2) is 30.3 Å². The van der Waals surface area contributed by atoms with Crippen LogP contribution in [-0.2, 0) is 22.7 Å². The van der Waals surface area contributed by atoms with Gasteiger partial charge in [-0.25, -0.2) is 22.0 Å². The van der Waals surface area contributed by atoms with Gasteiger partial charge >= 0.3 is 17.1 Å². The van der Waals surface area contributed by atoms with Crippen LogP contribution in [0.3, 0.4) is 0 Å². The molecule has 5 rings (SSSR count). The number of nitrogens with zero attached hydrogens (tertiary/aromatic N) is 1. The molecule has 3 fully saturated rings. The maximum absolute atomic E-state index is 15.0. The first-order chi connectivity index (χ1) is 17.8. The first kappa shape index (κ1) is 31.1. The molecule has 2 atom stereocenters. The molecule has 8 heteroatoms. The smallest absolute Gasteiger partial charge is 0.380 e. The fourth-order valence-electron chi connectivity index (χ4n) is 4.99. The molecule has 0 aromatic heterocycles. The number of piperidine rings is 1. The van der Waals surface area contributed by atoms with Gasteiger partial charge in [-0.2, -0.15) is 0 Å². The van der Waals surface area contributed by atoms with E-state index in [1.165, 1.54) is 30.7 Å². The Hall–Kier alpha value is -1.47. The Bertz CT molecular complexity index is 1010. The molecular formula is C30H28F5FeNO+2. The summed E-state index contributed by atoms with van der Waals surface area (Å²) in [4.78, 5) is 2.19. The zero-order valence-electron chi connectivity index (χ0n) is 20.8. The molecule has 10 radical (unpaired) electrons. The van der Waals surface area contributed by atoms with Gasteiger partial charge in [0, 0.05) is 17.9 Å². The van der Waals surface area contributed by atoms with Gasteiger partial charge in [-0.1, -0.05) is 36.8 Å². The molecule has 1 aliphatic heterocycles. The van der Waals surface area contributed by atoms with Crippen LogP contribution < -0.4 is 0 Å². The Kier molecular flexibility index (Phi) is 11.2. The maximum atomic E-state index is 15.0. The van der Waals surface area contributed by atoms with Crippen molar-refractivity contribution >= 4 is 0 Å². The number of likely N-dealkylation sites (tertiary alicyclic amines) is 1. The molecule has 200 valence electrons. The number of halogens is 5. The second kappa shape index (κ2) is 13.7. The Labute approximate surface area is 233 Å². The van der Waals surface area contributed by atoms with E-state index in [1.54, 1.807) is 18.9 Å². The second-order valence-electron chi connectivity index (χ2n) is 9.15. The predicted octanol–water partition coefficient (Wildman–Crippen LogP) is 6.29. The van der Waals surface area contributed by atoms with E-state index in [-0.39, 0.29) is 34.6 Å². The van der Waals surface area contributed by atoms with Crippen molar-refractivity contribution in [2.24, 2.45) is 0 Å². The summed E-state index contributed by atoms with van der Waals surface area (Å²) in [6.07, 6.45) is 17.9. The molecule has 1 saturated heterocycles. The second-order valence-corrected chi connectivity index (χ2v) is 9.15. The topological polar surface area (TPSA) is 23.5 Å². The Balaban J connectivity index is 0.000000598. The molecule has 2 aromatic rings. The third-order valence-electron chi connectivity index (χ3n) is 6.95. The van der Waals surface area contributed by atoms with E-state index in [9.17, 15) is 27.1 Å². The molecule has 1 unspecified atom stereocenters. The van der Waals surface area contributed by atoms with Crippen LogP contribution in [0.5, 0.6) is 0 Å². The minimum absolute atomic E-state index is 0. The average molecular weight is 569 g/mol. The van der Waals surface area contributed by atoms with Gasteiger partial charge in [-0.05, 0) is 89.8 Å². The summed E-state index contributed by atoms with van der Waals surface area (Å²) in [6, 6.07) is 7.27. The van der Waals surface area contributed by atoms with Gasteiger partial charge in [0.05, 0.1) is 5.56 Å². The van der Waals surface area contributed by atoms with Crippen LogP contribution in [-0.4, -0.2) is 29.1 Å². The molecule has 2 nitrogen and oxygen atoms in total. The summed E-state index contributed by atoms with van der Waals surface area (Å²) in [6.45, 7) is 3.55. The molecule has 2 saturated carbocycles. The van der Waals surface area contributed by atoms with Crippen molar-refractivity contribution in [2.75, 3.05) is 13.1 Å².